The number of hydrogen-bond donors (Lipinski definition) is 3. The maximum absolute atomic E-state index is 10.6. The second-order valence-corrected chi connectivity index (χ2v) is 3.35. The van der Waals surface area contributed by atoms with Gasteiger partial charge in [-0.3, -0.25) is 4.79 Å². The zero-order valence-corrected chi connectivity index (χ0v) is 9.58. The van der Waals surface area contributed by atoms with E-state index in [9.17, 15) is 4.79 Å². The Morgan fingerprint density at radius 3 is 2.81 bits per heavy atom. The minimum Gasteiger partial charge on any atom is -0.383 e. The van der Waals surface area contributed by atoms with Crippen LogP contribution >= 0.6 is 0 Å². The molecule has 6 heteroatoms. The summed E-state index contributed by atoms with van der Waals surface area (Å²) in [6.45, 7) is 4.65. The zero-order chi connectivity index (χ0) is 12.0. The molecule has 88 valence electrons. The fourth-order valence-corrected chi connectivity index (χ4v) is 1.35. The highest BCUT2D eigenvalue weighted by Gasteiger charge is 2.05. The van der Waals surface area contributed by atoms with Crippen molar-refractivity contribution in [2.75, 3.05) is 24.1 Å². The number of nitrogens with one attached hydrogen (secondary N) is 2. The SMILES string of the molecule is CCc1c(N)ncnc1NCCNC(C)=O. The number of anilines is 2. The number of rotatable bonds is 5. The van der Waals surface area contributed by atoms with Gasteiger partial charge >= 0.3 is 0 Å². The normalized spacial score (nSPS) is 9.88. The fourth-order valence-electron chi connectivity index (χ4n) is 1.35. The van der Waals surface area contributed by atoms with Gasteiger partial charge in [-0.25, -0.2) is 9.97 Å². The van der Waals surface area contributed by atoms with Gasteiger partial charge in [0.1, 0.15) is 18.0 Å². The second kappa shape index (κ2) is 5.89. The molecule has 0 aromatic carbocycles. The highest BCUT2D eigenvalue weighted by molar-refractivity contribution is 5.72. The van der Waals surface area contributed by atoms with E-state index in [1.54, 1.807) is 0 Å². The van der Waals surface area contributed by atoms with Gasteiger partial charge < -0.3 is 16.4 Å². The van der Waals surface area contributed by atoms with E-state index in [2.05, 4.69) is 20.6 Å². The summed E-state index contributed by atoms with van der Waals surface area (Å²) >= 11 is 0. The molecule has 0 unspecified atom stereocenters. The van der Waals surface area contributed by atoms with Gasteiger partial charge in [0.15, 0.2) is 0 Å². The number of nitrogen functional groups attached to an aromatic ring is 1. The number of carbonyl (C=O) groups is 1. The maximum atomic E-state index is 10.6. The van der Waals surface area contributed by atoms with Crippen LogP contribution in [0.4, 0.5) is 11.6 Å². The van der Waals surface area contributed by atoms with Crippen molar-refractivity contribution in [3.8, 4) is 0 Å². The van der Waals surface area contributed by atoms with Gasteiger partial charge in [0.25, 0.3) is 0 Å². The number of hydrogen-bond acceptors (Lipinski definition) is 5. The van der Waals surface area contributed by atoms with Crippen LogP contribution in [0.1, 0.15) is 19.4 Å². The lowest BCUT2D eigenvalue weighted by Gasteiger charge is -2.10. The van der Waals surface area contributed by atoms with Crippen molar-refractivity contribution in [2.45, 2.75) is 20.3 Å². The summed E-state index contributed by atoms with van der Waals surface area (Å²) in [4.78, 5) is 18.7. The van der Waals surface area contributed by atoms with Crippen LogP contribution in [0.5, 0.6) is 0 Å². The predicted molar refractivity (Wildman–Crippen MR) is 63.0 cm³/mol. The number of nitrogens with two attached hydrogens (primary N) is 1. The van der Waals surface area contributed by atoms with Crippen molar-refractivity contribution in [3.05, 3.63) is 11.9 Å². The molecule has 0 fully saturated rings. The molecule has 0 aliphatic carbocycles. The van der Waals surface area contributed by atoms with E-state index in [0.717, 1.165) is 17.8 Å². The molecule has 0 aliphatic rings. The molecule has 1 aromatic rings. The molecule has 1 rings (SSSR count). The number of amides is 1. The van der Waals surface area contributed by atoms with Crippen LogP contribution in [0.25, 0.3) is 0 Å². The zero-order valence-electron chi connectivity index (χ0n) is 9.58. The summed E-state index contributed by atoms with van der Waals surface area (Å²) in [6, 6.07) is 0. The molecule has 0 atom stereocenters. The Kier molecular flexibility index (Phi) is 4.50. The molecule has 0 aliphatic heterocycles. The van der Waals surface area contributed by atoms with Crippen molar-refractivity contribution in [1.29, 1.82) is 0 Å². The minimum absolute atomic E-state index is 0.0419. The smallest absolute Gasteiger partial charge is 0.216 e. The van der Waals surface area contributed by atoms with Gasteiger partial charge in [-0.05, 0) is 6.42 Å². The van der Waals surface area contributed by atoms with Crippen LogP contribution < -0.4 is 16.4 Å². The maximum Gasteiger partial charge on any atom is 0.216 e. The molecule has 1 heterocycles. The highest BCUT2D eigenvalue weighted by atomic mass is 16.1. The molecule has 6 nitrogen and oxygen atoms in total. The van der Waals surface area contributed by atoms with E-state index in [4.69, 9.17) is 5.73 Å². The number of nitrogens with zero attached hydrogens (tertiary/aromatic N) is 2. The first-order chi connectivity index (χ1) is 7.65. The molecule has 1 aromatic heterocycles. The topological polar surface area (TPSA) is 92.9 Å². The molecule has 4 N–H and O–H groups in total. The van der Waals surface area contributed by atoms with Gasteiger partial charge in [-0.15, -0.1) is 0 Å². The van der Waals surface area contributed by atoms with Crippen LogP contribution in [-0.2, 0) is 11.2 Å². The van der Waals surface area contributed by atoms with E-state index >= 15 is 0 Å². The average molecular weight is 223 g/mol. The lowest BCUT2D eigenvalue weighted by atomic mass is 10.2. The Balaban J connectivity index is 2.53. The largest absolute Gasteiger partial charge is 0.383 e. The van der Waals surface area contributed by atoms with E-state index in [1.807, 2.05) is 6.92 Å². The van der Waals surface area contributed by atoms with Gasteiger partial charge in [-0.2, -0.15) is 0 Å². The molecule has 0 spiro atoms. The summed E-state index contributed by atoms with van der Waals surface area (Å²) in [5.41, 5.74) is 6.63. The Bertz CT molecular complexity index is 366. The van der Waals surface area contributed by atoms with Crippen molar-refractivity contribution in [2.24, 2.45) is 0 Å². The standard InChI is InChI=1S/C10H17N5O/c1-3-8-9(11)14-6-15-10(8)13-5-4-12-7(2)16/h6H,3-5H2,1-2H3,(H,12,16)(H3,11,13,14,15). The Morgan fingerprint density at radius 2 is 2.19 bits per heavy atom. The molecule has 0 saturated carbocycles. The summed E-state index contributed by atoms with van der Waals surface area (Å²) in [5.74, 6) is 1.19. The lowest BCUT2D eigenvalue weighted by molar-refractivity contribution is -0.118. The van der Waals surface area contributed by atoms with Gasteiger partial charge in [0.05, 0.1) is 0 Å². The monoisotopic (exact) mass is 223 g/mol. The molecular weight excluding hydrogens is 206 g/mol. The van der Waals surface area contributed by atoms with Crippen LogP contribution in [0.15, 0.2) is 6.33 Å². The highest BCUT2D eigenvalue weighted by Crippen LogP contribution is 2.16. The summed E-state index contributed by atoms with van der Waals surface area (Å²) in [5, 5.41) is 5.81. The van der Waals surface area contributed by atoms with Crippen molar-refractivity contribution < 1.29 is 4.79 Å². The third-order valence-corrected chi connectivity index (χ3v) is 2.12. The summed E-state index contributed by atoms with van der Waals surface area (Å²) in [7, 11) is 0. The van der Waals surface area contributed by atoms with Crippen LogP contribution in [0.3, 0.4) is 0 Å². The van der Waals surface area contributed by atoms with Crippen molar-refractivity contribution in [3.63, 3.8) is 0 Å². The molecule has 0 saturated heterocycles. The Morgan fingerprint density at radius 1 is 1.44 bits per heavy atom. The predicted octanol–water partition coefficient (Wildman–Crippen LogP) is 0.169. The third-order valence-electron chi connectivity index (χ3n) is 2.12. The summed E-state index contributed by atoms with van der Waals surface area (Å²) < 4.78 is 0. The minimum atomic E-state index is -0.0419. The Hall–Kier alpha value is -1.85. The first kappa shape index (κ1) is 12.2. The number of carbonyl (C=O) groups excluding carboxylic acids is 1. The van der Waals surface area contributed by atoms with E-state index in [0.29, 0.717) is 18.9 Å². The second-order valence-electron chi connectivity index (χ2n) is 3.35. The van der Waals surface area contributed by atoms with E-state index in [1.165, 1.54) is 13.3 Å². The molecule has 0 bridgehead atoms. The average Bonchev–Trinajstić information content (AvgIpc) is 2.24. The lowest BCUT2D eigenvalue weighted by Crippen LogP contribution is -2.26. The van der Waals surface area contributed by atoms with Crippen LogP contribution in [0, 0.1) is 0 Å². The molecule has 0 radical (unpaired) electrons. The van der Waals surface area contributed by atoms with Gasteiger partial charge in [0.2, 0.25) is 5.91 Å². The third kappa shape index (κ3) is 3.38. The van der Waals surface area contributed by atoms with Crippen LogP contribution in [0.2, 0.25) is 0 Å². The fraction of sp³-hybridized carbons (Fsp3) is 0.500. The molecule has 16 heavy (non-hydrogen) atoms. The number of aromatic nitrogens is 2. The first-order valence-electron chi connectivity index (χ1n) is 5.22. The van der Waals surface area contributed by atoms with Gasteiger partial charge in [0, 0.05) is 25.6 Å². The first-order valence-corrected chi connectivity index (χ1v) is 5.22. The van der Waals surface area contributed by atoms with Crippen molar-refractivity contribution in [1.82, 2.24) is 15.3 Å². The van der Waals surface area contributed by atoms with E-state index in [-0.39, 0.29) is 5.91 Å². The van der Waals surface area contributed by atoms with Crippen molar-refractivity contribution >= 4 is 17.5 Å². The van der Waals surface area contributed by atoms with Crippen LogP contribution in [-0.4, -0.2) is 29.0 Å². The molecule has 1 amide bonds. The quantitative estimate of drug-likeness (QED) is 0.619. The van der Waals surface area contributed by atoms with Gasteiger partial charge in [-0.1, -0.05) is 6.92 Å². The summed E-state index contributed by atoms with van der Waals surface area (Å²) in [6.07, 6.45) is 2.20. The molecular formula is C10H17N5O. The van der Waals surface area contributed by atoms with E-state index < -0.39 is 0 Å². The Labute approximate surface area is 94.7 Å².